The van der Waals surface area contributed by atoms with E-state index >= 15 is 0 Å². The number of nitrogens with one attached hydrogen (secondary N) is 1. The van der Waals surface area contributed by atoms with Gasteiger partial charge in [-0.3, -0.25) is 5.10 Å². The molecule has 2 atom stereocenters. The fourth-order valence-corrected chi connectivity index (χ4v) is 3.50. The summed E-state index contributed by atoms with van der Waals surface area (Å²) in [6.45, 7) is 6.93. The van der Waals surface area contributed by atoms with Crippen LogP contribution in [0.1, 0.15) is 56.7 Å². The van der Waals surface area contributed by atoms with Gasteiger partial charge in [-0.1, -0.05) is 20.8 Å². The van der Waals surface area contributed by atoms with E-state index in [1.165, 1.54) is 29.7 Å². The van der Waals surface area contributed by atoms with Crippen LogP contribution in [0.4, 0.5) is 0 Å². The van der Waals surface area contributed by atoms with Gasteiger partial charge in [0.1, 0.15) is 5.75 Å². The van der Waals surface area contributed by atoms with Gasteiger partial charge in [-0.15, -0.1) is 0 Å². The largest absolute Gasteiger partial charge is 0.497 e. The number of H-pyrrole nitrogens is 1. The van der Waals surface area contributed by atoms with Crippen LogP contribution >= 0.6 is 0 Å². The summed E-state index contributed by atoms with van der Waals surface area (Å²) >= 11 is 0. The van der Waals surface area contributed by atoms with Crippen molar-refractivity contribution in [3.05, 3.63) is 35.5 Å². The van der Waals surface area contributed by atoms with Crippen LogP contribution < -0.4 is 4.74 Å². The average Bonchev–Trinajstić information content (AvgIpc) is 2.93. The lowest BCUT2D eigenvalue weighted by atomic mass is 9.75. The zero-order valence-corrected chi connectivity index (χ0v) is 13.3. The second-order valence-corrected chi connectivity index (χ2v) is 6.46. The minimum Gasteiger partial charge on any atom is -0.497 e. The molecule has 1 aliphatic carbocycles. The first-order chi connectivity index (χ1) is 10.1. The molecule has 2 unspecified atom stereocenters. The first kappa shape index (κ1) is 14.2. The van der Waals surface area contributed by atoms with Crippen LogP contribution in [0.5, 0.6) is 5.75 Å². The number of fused-ring (bicyclic) bond motifs is 1. The van der Waals surface area contributed by atoms with Crippen LogP contribution in [0.3, 0.4) is 0 Å². The highest BCUT2D eigenvalue weighted by atomic mass is 16.5. The van der Waals surface area contributed by atoms with Crippen molar-refractivity contribution in [2.24, 2.45) is 5.92 Å². The van der Waals surface area contributed by atoms with Crippen molar-refractivity contribution in [3.8, 4) is 17.0 Å². The minimum atomic E-state index is 0.575. The predicted octanol–water partition coefficient (Wildman–Crippen LogP) is 4.72. The lowest BCUT2D eigenvalue weighted by Crippen LogP contribution is -2.16. The van der Waals surface area contributed by atoms with Crippen molar-refractivity contribution in [1.29, 1.82) is 0 Å². The molecule has 112 valence electrons. The van der Waals surface area contributed by atoms with E-state index in [9.17, 15) is 0 Å². The number of methoxy groups -OCH3 is 1. The molecular formula is C18H24N2O. The third-order valence-corrected chi connectivity index (χ3v) is 4.78. The van der Waals surface area contributed by atoms with E-state index in [4.69, 9.17) is 4.74 Å². The quantitative estimate of drug-likeness (QED) is 0.885. The lowest BCUT2D eigenvalue weighted by Gasteiger charge is -2.29. The highest BCUT2D eigenvalue weighted by molar-refractivity contribution is 5.66. The Hall–Kier alpha value is -1.77. The van der Waals surface area contributed by atoms with Crippen molar-refractivity contribution in [2.45, 2.75) is 45.4 Å². The third kappa shape index (κ3) is 2.45. The molecule has 1 N–H and O–H groups in total. The number of aromatic nitrogens is 2. The second kappa shape index (κ2) is 5.55. The Balaban J connectivity index is 2.04. The SMILES string of the molecule is COc1ccc(-c2n[nH]c3c2C(C)CCC3C(C)C)cc1. The van der Waals surface area contributed by atoms with Crippen LogP contribution in [-0.2, 0) is 0 Å². The summed E-state index contributed by atoms with van der Waals surface area (Å²) in [6.07, 6.45) is 2.51. The molecule has 1 aliphatic rings. The third-order valence-electron chi connectivity index (χ3n) is 4.78. The van der Waals surface area contributed by atoms with Crippen molar-refractivity contribution in [2.75, 3.05) is 7.11 Å². The summed E-state index contributed by atoms with van der Waals surface area (Å²) in [7, 11) is 1.70. The van der Waals surface area contributed by atoms with Gasteiger partial charge < -0.3 is 4.74 Å². The number of nitrogens with zero attached hydrogens (tertiary/aromatic N) is 1. The maximum absolute atomic E-state index is 5.24. The van der Waals surface area contributed by atoms with Crippen LogP contribution in [0, 0.1) is 5.92 Å². The molecule has 1 heterocycles. The molecule has 0 spiro atoms. The molecule has 21 heavy (non-hydrogen) atoms. The molecule has 1 aromatic carbocycles. The van der Waals surface area contributed by atoms with Crippen molar-refractivity contribution < 1.29 is 4.74 Å². The Morgan fingerprint density at radius 2 is 1.90 bits per heavy atom. The summed E-state index contributed by atoms with van der Waals surface area (Å²) in [6, 6.07) is 8.20. The average molecular weight is 284 g/mol. The van der Waals surface area contributed by atoms with Crippen molar-refractivity contribution in [1.82, 2.24) is 10.2 Å². The molecule has 2 aromatic rings. The topological polar surface area (TPSA) is 37.9 Å². The van der Waals surface area contributed by atoms with Crippen molar-refractivity contribution >= 4 is 0 Å². The predicted molar refractivity (Wildman–Crippen MR) is 85.8 cm³/mol. The van der Waals surface area contributed by atoms with Gasteiger partial charge in [0.2, 0.25) is 0 Å². The van der Waals surface area contributed by atoms with Gasteiger partial charge in [0.05, 0.1) is 12.8 Å². The maximum Gasteiger partial charge on any atom is 0.118 e. The molecule has 0 fully saturated rings. The van der Waals surface area contributed by atoms with E-state index in [1.54, 1.807) is 7.11 Å². The monoisotopic (exact) mass is 284 g/mol. The van der Waals surface area contributed by atoms with Gasteiger partial charge in [0.25, 0.3) is 0 Å². The summed E-state index contributed by atoms with van der Waals surface area (Å²) in [4.78, 5) is 0. The van der Waals surface area contributed by atoms with E-state index in [2.05, 4.69) is 43.1 Å². The Labute approximate surface area is 126 Å². The molecule has 0 amide bonds. The van der Waals surface area contributed by atoms with Gasteiger partial charge >= 0.3 is 0 Å². The highest BCUT2D eigenvalue weighted by Crippen LogP contribution is 2.44. The molecule has 0 bridgehead atoms. The van der Waals surface area contributed by atoms with Crippen LogP contribution in [0.25, 0.3) is 11.3 Å². The molecule has 3 heteroatoms. The molecule has 0 radical (unpaired) electrons. The smallest absolute Gasteiger partial charge is 0.118 e. The standard InChI is InChI=1S/C18H24N2O/c1-11(2)15-10-5-12(3)16-17(19-20-18(15)16)13-6-8-14(21-4)9-7-13/h6-9,11-12,15H,5,10H2,1-4H3,(H,19,20). The van der Waals surface area contributed by atoms with Gasteiger partial charge in [-0.05, 0) is 48.9 Å². The Bertz CT molecular complexity index is 613. The molecule has 3 rings (SSSR count). The Kier molecular flexibility index (Phi) is 3.75. The van der Waals surface area contributed by atoms with Gasteiger partial charge in [0.15, 0.2) is 0 Å². The summed E-state index contributed by atoms with van der Waals surface area (Å²) in [5.74, 6) is 2.72. The van der Waals surface area contributed by atoms with Gasteiger partial charge in [-0.25, -0.2) is 0 Å². The summed E-state index contributed by atoms with van der Waals surface area (Å²) in [5, 5.41) is 7.97. The van der Waals surface area contributed by atoms with E-state index in [-0.39, 0.29) is 0 Å². The number of benzene rings is 1. The van der Waals surface area contributed by atoms with Crippen LogP contribution in [0.15, 0.2) is 24.3 Å². The van der Waals surface area contributed by atoms with E-state index in [0.29, 0.717) is 17.8 Å². The molecular weight excluding hydrogens is 260 g/mol. The first-order valence-electron chi connectivity index (χ1n) is 7.84. The van der Waals surface area contributed by atoms with Gasteiger partial charge in [0, 0.05) is 22.7 Å². The number of hydrogen-bond donors (Lipinski definition) is 1. The normalized spacial score (nSPS) is 21.4. The fourth-order valence-electron chi connectivity index (χ4n) is 3.50. The number of rotatable bonds is 3. The number of ether oxygens (including phenoxy) is 1. The minimum absolute atomic E-state index is 0.575. The molecule has 0 aliphatic heterocycles. The van der Waals surface area contributed by atoms with Crippen LogP contribution in [0.2, 0.25) is 0 Å². The van der Waals surface area contributed by atoms with Crippen LogP contribution in [-0.4, -0.2) is 17.3 Å². The zero-order chi connectivity index (χ0) is 15.0. The summed E-state index contributed by atoms with van der Waals surface area (Å²) < 4.78 is 5.24. The van der Waals surface area contributed by atoms with E-state index < -0.39 is 0 Å². The maximum atomic E-state index is 5.24. The fraction of sp³-hybridized carbons (Fsp3) is 0.500. The first-order valence-corrected chi connectivity index (χ1v) is 7.84. The molecule has 0 saturated heterocycles. The number of aromatic amines is 1. The molecule has 0 saturated carbocycles. The molecule has 1 aromatic heterocycles. The second-order valence-electron chi connectivity index (χ2n) is 6.46. The van der Waals surface area contributed by atoms with Gasteiger partial charge in [-0.2, -0.15) is 5.10 Å². The highest BCUT2D eigenvalue weighted by Gasteiger charge is 2.31. The lowest BCUT2D eigenvalue weighted by molar-refractivity contribution is 0.403. The Morgan fingerprint density at radius 1 is 1.19 bits per heavy atom. The number of hydrogen-bond acceptors (Lipinski definition) is 2. The van der Waals surface area contributed by atoms with E-state index in [0.717, 1.165) is 11.4 Å². The zero-order valence-electron chi connectivity index (χ0n) is 13.3. The van der Waals surface area contributed by atoms with E-state index in [1.807, 2.05) is 12.1 Å². The Morgan fingerprint density at radius 3 is 2.52 bits per heavy atom. The molecule has 3 nitrogen and oxygen atoms in total. The van der Waals surface area contributed by atoms with Crippen molar-refractivity contribution in [3.63, 3.8) is 0 Å². The summed E-state index contributed by atoms with van der Waals surface area (Å²) in [5.41, 5.74) is 5.06.